The smallest absolute Gasteiger partial charge is 0.338 e. The van der Waals surface area contributed by atoms with Gasteiger partial charge in [-0.2, -0.15) is 0 Å². The predicted molar refractivity (Wildman–Crippen MR) is 163 cm³/mol. The van der Waals surface area contributed by atoms with Crippen LogP contribution in [0.4, 0.5) is 0 Å². The summed E-state index contributed by atoms with van der Waals surface area (Å²) in [5.74, 6) is -0.314. The molecule has 0 saturated carbocycles. The van der Waals surface area contributed by atoms with Gasteiger partial charge in [0.15, 0.2) is 10.6 Å². The summed E-state index contributed by atoms with van der Waals surface area (Å²) >= 11 is 8.16. The lowest BCUT2D eigenvalue weighted by Gasteiger charge is -2.26. The Morgan fingerprint density at radius 2 is 1.85 bits per heavy atom. The predicted octanol–water partition coefficient (Wildman–Crippen LogP) is 6.15. The Balaban J connectivity index is 2.01. The van der Waals surface area contributed by atoms with Gasteiger partial charge in [-0.3, -0.25) is 14.2 Å². The molecule has 1 aromatic heterocycles. The summed E-state index contributed by atoms with van der Waals surface area (Å²) in [6.07, 6.45) is 3.02. The summed E-state index contributed by atoms with van der Waals surface area (Å²) < 4.78 is 14.2. The maximum Gasteiger partial charge on any atom is 0.338 e. The van der Waals surface area contributed by atoms with Gasteiger partial charge >= 0.3 is 11.9 Å². The molecule has 210 valence electrons. The molecule has 0 spiro atoms. The summed E-state index contributed by atoms with van der Waals surface area (Å²) in [7, 11) is 0. The molecule has 4 rings (SSSR count). The quantitative estimate of drug-likeness (QED) is 0.209. The van der Waals surface area contributed by atoms with E-state index in [1.165, 1.54) is 18.3 Å². The van der Waals surface area contributed by atoms with Crippen molar-refractivity contribution in [1.29, 1.82) is 0 Å². The van der Waals surface area contributed by atoms with Crippen LogP contribution in [0.25, 0.3) is 6.08 Å². The number of thiazole rings is 1. The number of carbonyl (C=O) groups excluding carboxylic acids is 2. The fourth-order valence-electron chi connectivity index (χ4n) is 4.58. The molecule has 1 aliphatic rings. The van der Waals surface area contributed by atoms with E-state index in [9.17, 15) is 14.4 Å². The third kappa shape index (κ3) is 6.24. The fourth-order valence-corrected chi connectivity index (χ4v) is 6.93. The molecule has 1 atom stereocenters. The standard InChI is InChI=1S/C30H30Br2N2O5S/c1-6-8-23-25(29(37)38-7-2)26(19-11-9-18(10-12-19)16(3)4)34-28(36)24(40-30(34)33-23)14-20-13-21(31)15-22(32)27(20)39-17(5)35/h9-16,26H,6-8H2,1-5H3/b24-14-/t26-/m1/s1. The van der Waals surface area contributed by atoms with Gasteiger partial charge in [-0.05, 0) is 64.5 Å². The van der Waals surface area contributed by atoms with Gasteiger partial charge in [-0.25, -0.2) is 9.79 Å². The van der Waals surface area contributed by atoms with Crippen molar-refractivity contribution < 1.29 is 19.1 Å². The molecule has 0 fully saturated rings. The molecule has 2 aromatic carbocycles. The number of fused-ring (bicyclic) bond motifs is 1. The van der Waals surface area contributed by atoms with E-state index in [0.717, 1.165) is 22.0 Å². The highest BCUT2D eigenvalue weighted by Crippen LogP contribution is 2.35. The van der Waals surface area contributed by atoms with Crippen LogP contribution in [-0.4, -0.2) is 23.1 Å². The number of hydrogen-bond donors (Lipinski definition) is 0. The third-order valence-electron chi connectivity index (χ3n) is 6.38. The highest BCUT2D eigenvalue weighted by Gasteiger charge is 2.34. The van der Waals surface area contributed by atoms with Crippen LogP contribution >= 0.6 is 43.2 Å². The van der Waals surface area contributed by atoms with E-state index in [-0.39, 0.29) is 12.2 Å². The minimum atomic E-state index is -0.692. The second-order valence-corrected chi connectivity index (χ2v) is 12.4. The number of hydrogen-bond acceptors (Lipinski definition) is 7. The molecule has 40 heavy (non-hydrogen) atoms. The lowest BCUT2D eigenvalue weighted by Crippen LogP contribution is -2.40. The zero-order valence-corrected chi connectivity index (χ0v) is 26.9. The van der Waals surface area contributed by atoms with Crippen LogP contribution in [0.15, 0.2) is 66.4 Å². The zero-order valence-electron chi connectivity index (χ0n) is 22.9. The summed E-state index contributed by atoms with van der Waals surface area (Å²) in [5, 5.41) is 0. The van der Waals surface area contributed by atoms with Crippen molar-refractivity contribution in [2.75, 3.05) is 6.61 Å². The molecular weight excluding hydrogens is 660 g/mol. The SMILES string of the molecule is CCCC1=C(C(=O)OCC)[C@@H](c2ccc(C(C)C)cc2)n2c(s/c(=C\c3cc(Br)cc(Br)c3OC(C)=O)c2=O)=N1. The van der Waals surface area contributed by atoms with Crippen LogP contribution in [0.2, 0.25) is 0 Å². The van der Waals surface area contributed by atoms with Crippen LogP contribution in [-0.2, 0) is 14.3 Å². The van der Waals surface area contributed by atoms with Crippen molar-refractivity contribution >= 4 is 61.2 Å². The molecule has 0 amide bonds. The molecule has 0 N–H and O–H groups in total. The van der Waals surface area contributed by atoms with E-state index in [4.69, 9.17) is 14.5 Å². The number of carbonyl (C=O) groups is 2. The van der Waals surface area contributed by atoms with Crippen LogP contribution in [0.1, 0.15) is 76.1 Å². The van der Waals surface area contributed by atoms with E-state index in [0.29, 0.717) is 48.7 Å². The largest absolute Gasteiger partial charge is 0.463 e. The summed E-state index contributed by atoms with van der Waals surface area (Å²) in [6.45, 7) is 9.55. The maximum absolute atomic E-state index is 14.0. The molecule has 10 heteroatoms. The number of aromatic nitrogens is 1. The van der Waals surface area contributed by atoms with Crippen molar-refractivity contribution in [2.24, 2.45) is 4.99 Å². The monoisotopic (exact) mass is 688 g/mol. The fraction of sp³-hybridized carbons (Fsp3) is 0.333. The minimum Gasteiger partial charge on any atom is -0.463 e. The number of benzene rings is 2. The van der Waals surface area contributed by atoms with Gasteiger partial charge in [0.1, 0.15) is 0 Å². The minimum absolute atomic E-state index is 0.210. The number of halogens is 2. The Kier molecular flexibility index (Phi) is 9.64. The lowest BCUT2D eigenvalue weighted by molar-refractivity contribution is -0.139. The Bertz CT molecular complexity index is 1670. The molecule has 0 aliphatic carbocycles. The van der Waals surface area contributed by atoms with Crippen LogP contribution < -0.4 is 19.6 Å². The van der Waals surface area contributed by atoms with Gasteiger partial charge in [-0.1, -0.05) is 78.7 Å². The molecule has 0 unspecified atom stereocenters. The van der Waals surface area contributed by atoms with E-state index < -0.39 is 18.0 Å². The van der Waals surface area contributed by atoms with Crippen LogP contribution in [0.3, 0.4) is 0 Å². The first-order valence-electron chi connectivity index (χ1n) is 13.0. The number of ether oxygens (including phenoxy) is 2. The second-order valence-electron chi connectivity index (χ2n) is 9.63. The molecular formula is C30H30Br2N2O5S. The van der Waals surface area contributed by atoms with E-state index in [2.05, 4.69) is 45.7 Å². The van der Waals surface area contributed by atoms with Crippen molar-refractivity contribution in [1.82, 2.24) is 4.57 Å². The average molecular weight is 690 g/mol. The maximum atomic E-state index is 14.0. The Morgan fingerprint density at radius 1 is 1.15 bits per heavy atom. The normalized spacial score (nSPS) is 15.2. The van der Waals surface area contributed by atoms with Crippen molar-refractivity contribution in [3.63, 3.8) is 0 Å². The third-order valence-corrected chi connectivity index (χ3v) is 8.41. The summed E-state index contributed by atoms with van der Waals surface area (Å²) in [5.41, 5.74) is 3.20. The van der Waals surface area contributed by atoms with E-state index in [1.807, 2.05) is 31.2 Å². The number of nitrogens with zero attached hydrogens (tertiary/aromatic N) is 2. The van der Waals surface area contributed by atoms with Crippen molar-refractivity contribution in [3.8, 4) is 5.75 Å². The molecule has 0 saturated heterocycles. The van der Waals surface area contributed by atoms with Crippen molar-refractivity contribution in [3.05, 3.63) is 93.0 Å². The number of allylic oxidation sites excluding steroid dienone is 1. The molecule has 0 radical (unpaired) electrons. The zero-order chi connectivity index (χ0) is 29.1. The molecule has 0 bridgehead atoms. The Labute approximate surface area is 253 Å². The number of rotatable bonds is 8. The molecule has 2 heterocycles. The Hall–Kier alpha value is -2.82. The van der Waals surface area contributed by atoms with E-state index in [1.54, 1.807) is 29.7 Å². The van der Waals surface area contributed by atoms with Gasteiger partial charge in [0, 0.05) is 17.0 Å². The van der Waals surface area contributed by atoms with Gasteiger partial charge < -0.3 is 9.47 Å². The van der Waals surface area contributed by atoms with Crippen LogP contribution in [0, 0.1) is 0 Å². The molecule has 7 nitrogen and oxygen atoms in total. The highest BCUT2D eigenvalue weighted by atomic mass is 79.9. The molecule has 3 aromatic rings. The summed E-state index contributed by atoms with van der Waals surface area (Å²) in [4.78, 5) is 44.5. The lowest BCUT2D eigenvalue weighted by atomic mass is 9.92. The van der Waals surface area contributed by atoms with Crippen LogP contribution in [0.5, 0.6) is 5.75 Å². The first kappa shape index (κ1) is 30.1. The number of esters is 2. The first-order valence-corrected chi connectivity index (χ1v) is 15.4. The van der Waals surface area contributed by atoms with Gasteiger partial charge in [0.25, 0.3) is 5.56 Å². The van der Waals surface area contributed by atoms with Gasteiger partial charge in [0.05, 0.1) is 32.9 Å². The summed E-state index contributed by atoms with van der Waals surface area (Å²) in [6, 6.07) is 10.8. The van der Waals surface area contributed by atoms with Crippen molar-refractivity contribution in [2.45, 2.75) is 59.4 Å². The van der Waals surface area contributed by atoms with Gasteiger partial charge in [-0.15, -0.1) is 0 Å². The van der Waals surface area contributed by atoms with Gasteiger partial charge in [0.2, 0.25) is 0 Å². The van der Waals surface area contributed by atoms with E-state index >= 15 is 0 Å². The topological polar surface area (TPSA) is 87.0 Å². The first-order chi connectivity index (χ1) is 19.0. The Morgan fingerprint density at radius 3 is 2.45 bits per heavy atom. The average Bonchev–Trinajstić information content (AvgIpc) is 3.20. The second kappa shape index (κ2) is 12.8. The molecule has 1 aliphatic heterocycles. The highest BCUT2D eigenvalue weighted by molar-refractivity contribution is 9.11.